The van der Waals surface area contributed by atoms with Crippen LogP contribution in [0.4, 0.5) is 0 Å². The minimum atomic E-state index is -0.00401. The first-order valence-electron chi connectivity index (χ1n) is 6.56. The van der Waals surface area contributed by atoms with E-state index >= 15 is 0 Å². The van der Waals surface area contributed by atoms with E-state index in [1.807, 2.05) is 31.2 Å². The van der Waals surface area contributed by atoms with E-state index in [0.717, 1.165) is 23.6 Å². The second-order valence-electron chi connectivity index (χ2n) is 4.78. The van der Waals surface area contributed by atoms with Crippen LogP contribution < -0.4 is 10.5 Å². The van der Waals surface area contributed by atoms with Crippen LogP contribution in [0.3, 0.4) is 0 Å². The molecule has 0 saturated heterocycles. The van der Waals surface area contributed by atoms with Gasteiger partial charge in [0.15, 0.2) is 0 Å². The zero-order chi connectivity index (χ0) is 13.8. The van der Waals surface area contributed by atoms with Gasteiger partial charge in [-0.05, 0) is 55.7 Å². The first kappa shape index (κ1) is 13.6. The highest BCUT2D eigenvalue weighted by atomic mass is 16.5. The molecule has 2 N–H and O–H groups in total. The summed E-state index contributed by atoms with van der Waals surface area (Å²) in [6, 6.07) is 9.88. The molecule has 0 spiro atoms. The molecule has 0 bridgehead atoms. The van der Waals surface area contributed by atoms with E-state index in [1.54, 1.807) is 6.20 Å². The summed E-state index contributed by atoms with van der Waals surface area (Å²) in [5.74, 6) is 1.56. The quantitative estimate of drug-likeness (QED) is 0.902. The number of hydrogen-bond donors (Lipinski definition) is 1. The van der Waals surface area contributed by atoms with Crippen molar-refractivity contribution in [3.05, 3.63) is 53.3 Å². The van der Waals surface area contributed by atoms with Gasteiger partial charge in [0, 0.05) is 6.04 Å². The van der Waals surface area contributed by atoms with Crippen molar-refractivity contribution in [1.82, 2.24) is 4.98 Å². The maximum Gasteiger partial charge on any atom is 0.145 e. The molecule has 1 aromatic heterocycles. The fourth-order valence-electron chi connectivity index (χ4n) is 1.79. The fourth-order valence-corrected chi connectivity index (χ4v) is 1.79. The highest BCUT2D eigenvalue weighted by Crippen LogP contribution is 2.24. The third-order valence-corrected chi connectivity index (χ3v) is 3.29. The third kappa shape index (κ3) is 3.32. The summed E-state index contributed by atoms with van der Waals surface area (Å²) >= 11 is 0. The molecule has 1 heterocycles. The number of ether oxygens (including phenoxy) is 1. The molecule has 0 fully saturated rings. The highest BCUT2D eigenvalue weighted by molar-refractivity contribution is 5.36. The van der Waals surface area contributed by atoms with Gasteiger partial charge in [-0.3, -0.25) is 4.98 Å². The molecule has 2 rings (SSSR count). The zero-order valence-corrected chi connectivity index (χ0v) is 11.7. The van der Waals surface area contributed by atoms with E-state index in [4.69, 9.17) is 10.5 Å². The average molecular weight is 256 g/mol. The van der Waals surface area contributed by atoms with Gasteiger partial charge in [0.25, 0.3) is 0 Å². The molecule has 2 aromatic rings. The summed E-state index contributed by atoms with van der Waals surface area (Å²) in [7, 11) is 0. The number of aryl methyl sites for hydroxylation is 2. The topological polar surface area (TPSA) is 48.1 Å². The summed E-state index contributed by atoms with van der Waals surface area (Å²) < 4.78 is 5.78. The van der Waals surface area contributed by atoms with Gasteiger partial charge in [-0.2, -0.15) is 0 Å². The maximum absolute atomic E-state index is 5.93. The predicted octanol–water partition coefficient (Wildman–Crippen LogP) is 3.90. The normalized spacial score (nSPS) is 12.2. The Balaban J connectivity index is 2.12. The van der Waals surface area contributed by atoms with E-state index in [9.17, 15) is 0 Å². The molecule has 0 unspecified atom stereocenters. The third-order valence-electron chi connectivity index (χ3n) is 3.29. The number of benzene rings is 1. The van der Waals surface area contributed by atoms with E-state index in [1.165, 1.54) is 11.1 Å². The van der Waals surface area contributed by atoms with Crippen LogP contribution in [0.1, 0.15) is 36.2 Å². The average Bonchev–Trinajstić information content (AvgIpc) is 2.43. The lowest BCUT2D eigenvalue weighted by Crippen LogP contribution is -2.10. The summed E-state index contributed by atoms with van der Waals surface area (Å²) in [5.41, 5.74) is 9.30. The lowest BCUT2D eigenvalue weighted by atomic mass is 10.1. The Kier molecular flexibility index (Phi) is 4.17. The standard InChI is InChI=1S/C16H20N2O/c1-4-15(17)16-8-7-14(10-18-16)19-13-6-5-11(2)12(3)9-13/h5-10,15H,4,17H2,1-3H3/t15-/m0/s1. The van der Waals surface area contributed by atoms with E-state index in [-0.39, 0.29) is 6.04 Å². The van der Waals surface area contributed by atoms with Crippen LogP contribution in [-0.2, 0) is 0 Å². The van der Waals surface area contributed by atoms with Crippen molar-refractivity contribution in [1.29, 1.82) is 0 Å². The molecule has 1 aromatic carbocycles. The molecule has 100 valence electrons. The lowest BCUT2D eigenvalue weighted by Gasteiger charge is -2.10. The Morgan fingerprint density at radius 1 is 1.11 bits per heavy atom. The van der Waals surface area contributed by atoms with E-state index in [2.05, 4.69) is 24.9 Å². The fraction of sp³-hybridized carbons (Fsp3) is 0.312. The molecular weight excluding hydrogens is 236 g/mol. The van der Waals surface area contributed by atoms with Crippen molar-refractivity contribution in [2.75, 3.05) is 0 Å². The van der Waals surface area contributed by atoms with Gasteiger partial charge in [-0.15, -0.1) is 0 Å². The van der Waals surface area contributed by atoms with Gasteiger partial charge in [0.2, 0.25) is 0 Å². The molecule has 0 aliphatic rings. The maximum atomic E-state index is 5.93. The van der Waals surface area contributed by atoms with Crippen molar-refractivity contribution >= 4 is 0 Å². The SMILES string of the molecule is CC[C@H](N)c1ccc(Oc2ccc(C)c(C)c2)cn1. The number of nitrogens with zero attached hydrogens (tertiary/aromatic N) is 1. The smallest absolute Gasteiger partial charge is 0.145 e. The zero-order valence-electron chi connectivity index (χ0n) is 11.7. The first-order valence-corrected chi connectivity index (χ1v) is 6.56. The molecule has 0 aliphatic carbocycles. The van der Waals surface area contributed by atoms with E-state index < -0.39 is 0 Å². The molecular formula is C16H20N2O. The molecule has 0 amide bonds. The summed E-state index contributed by atoms with van der Waals surface area (Å²) in [6.07, 6.45) is 2.60. The Morgan fingerprint density at radius 3 is 2.42 bits per heavy atom. The largest absolute Gasteiger partial charge is 0.456 e. The van der Waals surface area contributed by atoms with Crippen LogP contribution in [0.2, 0.25) is 0 Å². The molecule has 0 aliphatic heterocycles. The van der Waals surface area contributed by atoms with Crippen molar-refractivity contribution in [2.45, 2.75) is 33.2 Å². The van der Waals surface area contributed by atoms with Crippen LogP contribution >= 0.6 is 0 Å². The predicted molar refractivity (Wildman–Crippen MR) is 77.4 cm³/mol. The monoisotopic (exact) mass is 256 g/mol. The Bertz CT molecular complexity index is 549. The number of aromatic nitrogens is 1. The summed E-state index contributed by atoms with van der Waals surface area (Å²) in [5, 5.41) is 0. The second-order valence-corrected chi connectivity index (χ2v) is 4.78. The minimum absolute atomic E-state index is 0.00401. The van der Waals surface area contributed by atoms with Gasteiger partial charge < -0.3 is 10.5 Å². The second kappa shape index (κ2) is 5.85. The van der Waals surface area contributed by atoms with Crippen LogP contribution in [0.25, 0.3) is 0 Å². The summed E-state index contributed by atoms with van der Waals surface area (Å²) in [6.45, 7) is 6.21. The molecule has 19 heavy (non-hydrogen) atoms. The van der Waals surface area contributed by atoms with Crippen LogP contribution in [0, 0.1) is 13.8 Å². The number of hydrogen-bond acceptors (Lipinski definition) is 3. The van der Waals surface area contributed by atoms with Crippen molar-refractivity contribution in [3.63, 3.8) is 0 Å². The molecule has 3 nitrogen and oxygen atoms in total. The highest BCUT2D eigenvalue weighted by Gasteiger charge is 2.05. The Morgan fingerprint density at radius 2 is 1.84 bits per heavy atom. The van der Waals surface area contributed by atoms with Gasteiger partial charge in [-0.1, -0.05) is 13.0 Å². The number of rotatable bonds is 4. The summed E-state index contributed by atoms with van der Waals surface area (Å²) in [4.78, 5) is 4.34. The van der Waals surface area contributed by atoms with Crippen LogP contribution in [-0.4, -0.2) is 4.98 Å². The lowest BCUT2D eigenvalue weighted by molar-refractivity contribution is 0.478. The molecule has 0 radical (unpaired) electrons. The van der Waals surface area contributed by atoms with Crippen molar-refractivity contribution in [2.24, 2.45) is 5.73 Å². The molecule has 0 saturated carbocycles. The minimum Gasteiger partial charge on any atom is -0.456 e. The first-order chi connectivity index (χ1) is 9.10. The van der Waals surface area contributed by atoms with E-state index in [0.29, 0.717) is 0 Å². The van der Waals surface area contributed by atoms with Crippen LogP contribution in [0.15, 0.2) is 36.5 Å². The van der Waals surface area contributed by atoms with Gasteiger partial charge in [-0.25, -0.2) is 0 Å². The molecule has 3 heteroatoms. The van der Waals surface area contributed by atoms with Crippen LogP contribution in [0.5, 0.6) is 11.5 Å². The van der Waals surface area contributed by atoms with Gasteiger partial charge >= 0.3 is 0 Å². The Hall–Kier alpha value is -1.87. The Labute approximate surface area is 114 Å². The molecule has 1 atom stereocenters. The van der Waals surface area contributed by atoms with Gasteiger partial charge in [0.05, 0.1) is 11.9 Å². The van der Waals surface area contributed by atoms with Crippen molar-refractivity contribution in [3.8, 4) is 11.5 Å². The van der Waals surface area contributed by atoms with Gasteiger partial charge in [0.1, 0.15) is 11.5 Å². The van der Waals surface area contributed by atoms with Crippen molar-refractivity contribution < 1.29 is 4.74 Å². The number of nitrogens with two attached hydrogens (primary N) is 1. The number of pyridine rings is 1.